The van der Waals surface area contributed by atoms with Gasteiger partial charge in [-0.1, -0.05) is 55.2 Å². The molecule has 2 aromatic carbocycles. The highest BCUT2D eigenvalue weighted by atomic mass is 16.5. The lowest BCUT2D eigenvalue weighted by Gasteiger charge is -2.17. The second-order valence-corrected chi connectivity index (χ2v) is 8.56. The number of nitrogens with zero attached hydrogens (tertiary/aromatic N) is 2. The van der Waals surface area contributed by atoms with Gasteiger partial charge in [0.1, 0.15) is 11.6 Å². The van der Waals surface area contributed by atoms with Gasteiger partial charge in [0.15, 0.2) is 0 Å². The lowest BCUT2D eigenvalue weighted by atomic mass is 10.1. The molecule has 1 aromatic heterocycles. The fourth-order valence-corrected chi connectivity index (χ4v) is 3.72. The molecule has 1 atom stereocenters. The van der Waals surface area contributed by atoms with Gasteiger partial charge in [0.2, 0.25) is 5.91 Å². The van der Waals surface area contributed by atoms with Crippen molar-refractivity contribution in [3.05, 3.63) is 109 Å². The molecule has 3 aromatic rings. The topological polar surface area (TPSA) is 105 Å². The summed E-state index contributed by atoms with van der Waals surface area (Å²) in [4.78, 5) is 33.2. The fraction of sp³-hybridized carbons (Fsp3) is 0.161. The van der Waals surface area contributed by atoms with Gasteiger partial charge in [0.25, 0.3) is 5.91 Å². The molecule has 3 rings (SSSR count). The first-order valence-corrected chi connectivity index (χ1v) is 12.4. The van der Waals surface area contributed by atoms with Crippen LogP contribution in [-0.2, 0) is 9.59 Å². The van der Waals surface area contributed by atoms with Gasteiger partial charge in [0.05, 0.1) is 36.9 Å². The monoisotopic (exact) mass is 523 g/mol. The standard InChI is InChI=1S/C31H33N5O3/c1-6-8-9-10-12-23(7-2)31(38)35-26-14-11-13-24(17-26)21(3)33-30-20-32-19-28(36-30)25-15-16-27(34-22(4)37)29(18-25)39-5/h6-21H,1H2,2-5H3,(H,33,36)(H,34,37)(H,35,38)/b9-8+,12-10-,23-7+/t21-/m0/s1. The molecule has 0 bridgehead atoms. The van der Waals surface area contributed by atoms with Crippen LogP contribution in [0.15, 0.2) is 103 Å². The molecule has 0 aliphatic carbocycles. The predicted molar refractivity (Wildman–Crippen MR) is 158 cm³/mol. The van der Waals surface area contributed by atoms with Crippen molar-refractivity contribution in [1.29, 1.82) is 0 Å². The lowest BCUT2D eigenvalue weighted by molar-refractivity contribution is -0.114. The van der Waals surface area contributed by atoms with E-state index in [1.165, 1.54) is 6.92 Å². The number of rotatable bonds is 11. The van der Waals surface area contributed by atoms with Crippen molar-refractivity contribution in [3.8, 4) is 17.0 Å². The third-order valence-electron chi connectivity index (χ3n) is 5.66. The number of anilines is 3. The van der Waals surface area contributed by atoms with Crippen LogP contribution in [0.3, 0.4) is 0 Å². The number of aromatic nitrogens is 2. The fourth-order valence-electron chi connectivity index (χ4n) is 3.72. The van der Waals surface area contributed by atoms with E-state index in [-0.39, 0.29) is 17.9 Å². The lowest BCUT2D eigenvalue weighted by Crippen LogP contribution is -2.14. The number of ether oxygens (including phenoxy) is 1. The van der Waals surface area contributed by atoms with Crippen LogP contribution in [0.25, 0.3) is 11.3 Å². The smallest absolute Gasteiger partial charge is 0.255 e. The number of allylic oxidation sites excluding steroid dienone is 5. The van der Waals surface area contributed by atoms with Gasteiger partial charge in [-0.2, -0.15) is 0 Å². The van der Waals surface area contributed by atoms with Crippen molar-refractivity contribution in [2.75, 3.05) is 23.1 Å². The van der Waals surface area contributed by atoms with Gasteiger partial charge in [-0.3, -0.25) is 14.6 Å². The highest BCUT2D eigenvalue weighted by Crippen LogP contribution is 2.30. The Morgan fingerprint density at radius 1 is 1.05 bits per heavy atom. The quantitative estimate of drug-likeness (QED) is 0.197. The average Bonchev–Trinajstić information content (AvgIpc) is 2.93. The number of nitrogens with one attached hydrogen (secondary N) is 3. The van der Waals surface area contributed by atoms with E-state index < -0.39 is 0 Å². The molecule has 39 heavy (non-hydrogen) atoms. The van der Waals surface area contributed by atoms with E-state index >= 15 is 0 Å². The zero-order valence-electron chi connectivity index (χ0n) is 22.6. The number of benzene rings is 2. The van der Waals surface area contributed by atoms with Gasteiger partial charge in [-0.15, -0.1) is 0 Å². The van der Waals surface area contributed by atoms with Crippen LogP contribution >= 0.6 is 0 Å². The molecule has 0 aliphatic rings. The molecule has 0 fully saturated rings. The zero-order valence-corrected chi connectivity index (χ0v) is 22.6. The second kappa shape index (κ2) is 14.1. The number of carbonyl (C=O) groups is 2. The summed E-state index contributed by atoms with van der Waals surface area (Å²) in [6, 6.07) is 13.0. The van der Waals surface area contributed by atoms with E-state index in [9.17, 15) is 9.59 Å². The molecule has 0 saturated heterocycles. The summed E-state index contributed by atoms with van der Waals surface area (Å²) in [6.07, 6.45) is 13.9. The summed E-state index contributed by atoms with van der Waals surface area (Å²) >= 11 is 0. The number of hydrogen-bond acceptors (Lipinski definition) is 6. The number of carbonyl (C=O) groups excluding carboxylic acids is 2. The maximum atomic E-state index is 12.7. The maximum absolute atomic E-state index is 12.7. The minimum Gasteiger partial charge on any atom is -0.495 e. The minimum absolute atomic E-state index is 0.117. The van der Waals surface area contributed by atoms with E-state index in [1.807, 2.05) is 50.3 Å². The molecule has 1 heterocycles. The Hall–Kier alpha value is -4.98. The van der Waals surface area contributed by atoms with Gasteiger partial charge < -0.3 is 20.7 Å². The van der Waals surface area contributed by atoms with Crippen LogP contribution < -0.4 is 20.7 Å². The van der Waals surface area contributed by atoms with E-state index in [4.69, 9.17) is 9.72 Å². The van der Waals surface area contributed by atoms with E-state index in [0.29, 0.717) is 34.2 Å². The molecule has 8 heteroatoms. The summed E-state index contributed by atoms with van der Waals surface area (Å²) in [7, 11) is 1.55. The molecule has 2 amide bonds. The first-order valence-electron chi connectivity index (χ1n) is 12.4. The minimum atomic E-state index is -0.197. The summed E-state index contributed by atoms with van der Waals surface area (Å²) in [6.45, 7) is 8.90. The number of amides is 2. The van der Waals surface area contributed by atoms with Crippen LogP contribution in [0, 0.1) is 0 Å². The molecule has 0 saturated carbocycles. The normalized spacial score (nSPS) is 12.3. The van der Waals surface area contributed by atoms with Crippen LogP contribution in [-0.4, -0.2) is 28.9 Å². The van der Waals surface area contributed by atoms with Gasteiger partial charge in [-0.25, -0.2) is 4.98 Å². The van der Waals surface area contributed by atoms with E-state index in [2.05, 4.69) is 27.5 Å². The Balaban J connectivity index is 1.73. The maximum Gasteiger partial charge on any atom is 0.255 e. The first kappa shape index (κ1) is 28.6. The third kappa shape index (κ3) is 8.26. The van der Waals surface area contributed by atoms with Crippen molar-refractivity contribution in [1.82, 2.24) is 9.97 Å². The zero-order chi connectivity index (χ0) is 28.2. The predicted octanol–water partition coefficient (Wildman–Crippen LogP) is 6.47. The molecular formula is C31H33N5O3. The summed E-state index contributed by atoms with van der Waals surface area (Å²) in [5.74, 6) is 0.741. The summed E-state index contributed by atoms with van der Waals surface area (Å²) < 4.78 is 5.43. The second-order valence-electron chi connectivity index (χ2n) is 8.56. The van der Waals surface area contributed by atoms with Crippen molar-refractivity contribution in [2.24, 2.45) is 0 Å². The molecule has 3 N–H and O–H groups in total. The Morgan fingerprint density at radius 3 is 2.59 bits per heavy atom. The van der Waals surface area contributed by atoms with Crippen molar-refractivity contribution in [3.63, 3.8) is 0 Å². The average molecular weight is 524 g/mol. The molecule has 8 nitrogen and oxygen atoms in total. The van der Waals surface area contributed by atoms with Crippen LogP contribution in [0.5, 0.6) is 5.75 Å². The summed E-state index contributed by atoms with van der Waals surface area (Å²) in [5.41, 5.74) is 4.23. The molecule has 0 radical (unpaired) electrons. The first-order chi connectivity index (χ1) is 18.8. The molecule has 200 valence electrons. The SMILES string of the molecule is C=C/C=C/C=C\C(=C/C)C(=O)Nc1cccc([C@H](C)Nc2cncc(-c3ccc(NC(C)=O)c(OC)c3)n2)c1. The van der Waals surface area contributed by atoms with E-state index in [0.717, 1.165) is 11.1 Å². The van der Waals surface area contributed by atoms with Crippen molar-refractivity contribution in [2.45, 2.75) is 26.8 Å². The number of methoxy groups -OCH3 is 1. The molecule has 0 aliphatic heterocycles. The van der Waals surface area contributed by atoms with Crippen LogP contribution in [0.4, 0.5) is 17.2 Å². The highest BCUT2D eigenvalue weighted by Gasteiger charge is 2.12. The molecule has 0 unspecified atom stereocenters. The Kier molecular flexibility index (Phi) is 10.3. The van der Waals surface area contributed by atoms with Crippen molar-refractivity contribution < 1.29 is 14.3 Å². The van der Waals surface area contributed by atoms with Crippen LogP contribution in [0.1, 0.15) is 32.4 Å². The number of hydrogen-bond donors (Lipinski definition) is 3. The van der Waals surface area contributed by atoms with Gasteiger partial charge >= 0.3 is 0 Å². The largest absolute Gasteiger partial charge is 0.495 e. The molecule has 0 spiro atoms. The Morgan fingerprint density at radius 2 is 1.87 bits per heavy atom. The Bertz CT molecular complexity index is 1430. The Labute approximate surface area is 229 Å². The highest BCUT2D eigenvalue weighted by molar-refractivity contribution is 6.05. The van der Waals surface area contributed by atoms with Crippen molar-refractivity contribution >= 4 is 29.0 Å². The summed E-state index contributed by atoms with van der Waals surface area (Å²) in [5, 5.41) is 9.08. The van der Waals surface area contributed by atoms with Crippen LogP contribution in [0.2, 0.25) is 0 Å². The van der Waals surface area contributed by atoms with E-state index in [1.54, 1.807) is 62.0 Å². The van der Waals surface area contributed by atoms with Gasteiger partial charge in [0, 0.05) is 23.7 Å². The molecular weight excluding hydrogens is 490 g/mol. The van der Waals surface area contributed by atoms with Gasteiger partial charge in [-0.05, 0) is 49.8 Å². The third-order valence-corrected chi connectivity index (χ3v) is 5.66.